The first-order valence-electron chi connectivity index (χ1n) is 3.65. The van der Waals surface area contributed by atoms with Crippen LogP contribution in [0.5, 0.6) is 0 Å². The van der Waals surface area contributed by atoms with E-state index in [-0.39, 0.29) is 17.0 Å². The predicted octanol–water partition coefficient (Wildman–Crippen LogP) is 2.70. The second-order valence-corrected chi connectivity index (χ2v) is 4.32. The van der Waals surface area contributed by atoms with Gasteiger partial charge in [0.15, 0.2) is 0 Å². The fourth-order valence-electron chi connectivity index (χ4n) is 0.611. The lowest BCUT2D eigenvalue weighted by atomic mass is 10.2. The topological polar surface area (TPSA) is 26.3 Å². The Bertz CT molecular complexity index is 170. The van der Waals surface area contributed by atoms with E-state index in [1.165, 1.54) is 6.92 Å². The summed E-state index contributed by atoms with van der Waals surface area (Å²) in [5.74, 6) is -0.464. The molecule has 0 amide bonds. The maximum absolute atomic E-state index is 11.7. The van der Waals surface area contributed by atoms with Crippen molar-refractivity contribution in [3.8, 4) is 0 Å². The smallest absolute Gasteiger partial charge is 0.389 e. The number of alkyl halides is 4. The lowest BCUT2D eigenvalue weighted by Gasteiger charge is -2.11. The molecular formula is C7H10F3IO2. The zero-order valence-electron chi connectivity index (χ0n) is 7.03. The number of carbonyl (C=O) groups excluding carboxylic acids is 1. The maximum atomic E-state index is 11.7. The second kappa shape index (κ2) is 5.66. The van der Waals surface area contributed by atoms with E-state index in [1.54, 1.807) is 0 Å². The van der Waals surface area contributed by atoms with E-state index in [2.05, 4.69) is 4.74 Å². The monoisotopic (exact) mass is 310 g/mol. The highest BCUT2D eigenvalue weighted by atomic mass is 127. The van der Waals surface area contributed by atoms with Crippen molar-refractivity contribution in [2.45, 2.75) is 29.9 Å². The van der Waals surface area contributed by atoms with Crippen molar-refractivity contribution in [3.63, 3.8) is 0 Å². The van der Waals surface area contributed by atoms with Crippen molar-refractivity contribution in [2.24, 2.45) is 0 Å². The molecule has 0 fully saturated rings. The molecule has 0 bridgehead atoms. The Morgan fingerprint density at radius 2 is 2.08 bits per heavy atom. The number of halogens is 4. The van der Waals surface area contributed by atoms with Crippen molar-refractivity contribution >= 4 is 28.6 Å². The van der Waals surface area contributed by atoms with Crippen LogP contribution in [0, 0.1) is 0 Å². The summed E-state index contributed by atoms with van der Waals surface area (Å²) in [5, 5.41) is 0. The maximum Gasteiger partial charge on any atom is 0.389 e. The Labute approximate surface area is 88.0 Å². The third kappa shape index (κ3) is 9.91. The molecule has 1 atom stereocenters. The molecule has 0 rings (SSSR count). The Balaban J connectivity index is 3.52. The van der Waals surface area contributed by atoms with Crippen molar-refractivity contribution < 1.29 is 22.7 Å². The van der Waals surface area contributed by atoms with Crippen molar-refractivity contribution in [3.05, 3.63) is 0 Å². The van der Waals surface area contributed by atoms with Crippen LogP contribution in [-0.4, -0.2) is 22.7 Å². The van der Waals surface area contributed by atoms with Gasteiger partial charge in [-0.15, -0.1) is 0 Å². The Kier molecular flexibility index (Phi) is 5.66. The molecule has 13 heavy (non-hydrogen) atoms. The summed E-state index contributed by atoms with van der Waals surface area (Å²) in [7, 11) is 0. The van der Waals surface area contributed by atoms with E-state index in [0.29, 0.717) is 0 Å². The molecule has 0 aromatic carbocycles. The molecule has 0 aliphatic heterocycles. The normalized spacial score (nSPS) is 13.9. The third-order valence-electron chi connectivity index (χ3n) is 1.21. The molecular weight excluding hydrogens is 300 g/mol. The number of carbonyl (C=O) groups is 1. The second-order valence-electron chi connectivity index (χ2n) is 2.55. The summed E-state index contributed by atoms with van der Waals surface area (Å²) in [4.78, 5) is 10.3. The zero-order valence-corrected chi connectivity index (χ0v) is 9.18. The first kappa shape index (κ1) is 13.0. The molecule has 2 nitrogen and oxygen atoms in total. The number of rotatable bonds is 4. The summed E-state index contributed by atoms with van der Waals surface area (Å²) in [6.07, 6.45) is -4.97. The average Bonchev–Trinajstić information content (AvgIpc) is 1.95. The Hall–Kier alpha value is -0.0100. The summed E-state index contributed by atoms with van der Waals surface area (Å²) in [6, 6.07) is 0. The zero-order chi connectivity index (χ0) is 10.5. The summed E-state index contributed by atoms with van der Waals surface area (Å²) in [6.45, 7) is 1.28. The highest BCUT2D eigenvalue weighted by Crippen LogP contribution is 2.24. The van der Waals surface area contributed by atoms with Crippen LogP contribution in [0.15, 0.2) is 0 Å². The SMILES string of the molecule is CC(=O)OCC(I)CCC(F)(F)F. The minimum Gasteiger partial charge on any atom is -0.465 e. The molecule has 0 heterocycles. The standard InChI is InChI=1S/C7H10F3IO2/c1-5(12)13-4-6(11)2-3-7(8,9)10/h6H,2-4H2,1H3. The molecule has 1 unspecified atom stereocenters. The number of ether oxygens (including phenoxy) is 1. The van der Waals surface area contributed by atoms with Gasteiger partial charge in [0.05, 0.1) is 0 Å². The Morgan fingerprint density at radius 3 is 2.46 bits per heavy atom. The Morgan fingerprint density at radius 1 is 1.54 bits per heavy atom. The highest BCUT2D eigenvalue weighted by molar-refractivity contribution is 14.1. The molecule has 78 valence electrons. The largest absolute Gasteiger partial charge is 0.465 e. The van der Waals surface area contributed by atoms with Gasteiger partial charge >= 0.3 is 12.1 Å². The van der Waals surface area contributed by atoms with Crippen LogP contribution in [0.25, 0.3) is 0 Å². The van der Waals surface area contributed by atoms with Gasteiger partial charge in [0.25, 0.3) is 0 Å². The minimum atomic E-state index is -4.13. The van der Waals surface area contributed by atoms with Crippen LogP contribution >= 0.6 is 22.6 Å². The van der Waals surface area contributed by atoms with Crippen LogP contribution < -0.4 is 0 Å². The van der Waals surface area contributed by atoms with Crippen LogP contribution in [0.2, 0.25) is 0 Å². The van der Waals surface area contributed by atoms with Crippen molar-refractivity contribution in [1.29, 1.82) is 0 Å². The van der Waals surface area contributed by atoms with E-state index in [1.807, 2.05) is 22.6 Å². The van der Waals surface area contributed by atoms with Crippen molar-refractivity contribution in [1.82, 2.24) is 0 Å². The molecule has 6 heteroatoms. The van der Waals surface area contributed by atoms with Crippen molar-refractivity contribution in [2.75, 3.05) is 6.61 Å². The van der Waals surface area contributed by atoms with E-state index in [4.69, 9.17) is 0 Å². The van der Waals surface area contributed by atoms with Crippen LogP contribution in [0.1, 0.15) is 19.8 Å². The van der Waals surface area contributed by atoms with Gasteiger partial charge in [0.2, 0.25) is 0 Å². The fourth-order valence-corrected chi connectivity index (χ4v) is 1.10. The molecule has 0 aromatic heterocycles. The van der Waals surface area contributed by atoms with Gasteiger partial charge in [0.1, 0.15) is 6.61 Å². The molecule has 0 radical (unpaired) electrons. The van der Waals surface area contributed by atoms with Gasteiger partial charge in [-0.1, -0.05) is 22.6 Å². The van der Waals surface area contributed by atoms with E-state index in [0.717, 1.165) is 0 Å². The first-order valence-corrected chi connectivity index (χ1v) is 4.90. The van der Waals surface area contributed by atoms with Crippen LogP contribution in [-0.2, 0) is 9.53 Å². The van der Waals surface area contributed by atoms with Crippen LogP contribution in [0.3, 0.4) is 0 Å². The van der Waals surface area contributed by atoms with Gasteiger partial charge in [-0.05, 0) is 6.42 Å². The summed E-state index contributed by atoms with van der Waals surface area (Å²) in [5.41, 5.74) is 0. The van der Waals surface area contributed by atoms with Crippen LogP contribution in [0.4, 0.5) is 13.2 Å². The summed E-state index contributed by atoms with van der Waals surface area (Å²) < 4.78 is 39.4. The van der Waals surface area contributed by atoms with Gasteiger partial charge in [-0.25, -0.2) is 0 Å². The first-order chi connectivity index (χ1) is 5.81. The van der Waals surface area contributed by atoms with Gasteiger partial charge in [-0.2, -0.15) is 13.2 Å². The molecule has 0 spiro atoms. The lowest BCUT2D eigenvalue weighted by Crippen LogP contribution is -2.15. The quantitative estimate of drug-likeness (QED) is 0.453. The number of esters is 1. The van der Waals surface area contributed by atoms with Gasteiger partial charge in [0, 0.05) is 17.3 Å². The molecule has 0 N–H and O–H groups in total. The molecule has 0 saturated carbocycles. The highest BCUT2D eigenvalue weighted by Gasteiger charge is 2.27. The molecule has 0 aliphatic rings. The number of hydrogen-bond donors (Lipinski definition) is 0. The van der Waals surface area contributed by atoms with Gasteiger partial charge in [-0.3, -0.25) is 4.79 Å². The third-order valence-corrected chi connectivity index (χ3v) is 2.19. The summed E-state index contributed by atoms with van der Waals surface area (Å²) >= 11 is 1.84. The van der Waals surface area contributed by atoms with E-state index >= 15 is 0 Å². The molecule has 0 aliphatic carbocycles. The number of hydrogen-bond acceptors (Lipinski definition) is 2. The van der Waals surface area contributed by atoms with E-state index < -0.39 is 18.6 Å². The van der Waals surface area contributed by atoms with E-state index in [9.17, 15) is 18.0 Å². The minimum absolute atomic E-state index is 0.0165. The lowest BCUT2D eigenvalue weighted by molar-refractivity contribution is -0.141. The average molecular weight is 310 g/mol. The molecule has 0 saturated heterocycles. The predicted molar refractivity (Wildman–Crippen MR) is 49.7 cm³/mol. The fraction of sp³-hybridized carbons (Fsp3) is 0.857. The molecule has 0 aromatic rings. The van der Waals surface area contributed by atoms with Gasteiger partial charge < -0.3 is 4.74 Å².